The summed E-state index contributed by atoms with van der Waals surface area (Å²) >= 11 is 0. The average Bonchev–Trinajstić information content (AvgIpc) is 2.16. The molecule has 0 atom stereocenters. The number of carbonyl (C=O) groups is 2. The molecule has 0 aliphatic carbocycles. The van der Waals surface area contributed by atoms with Crippen molar-refractivity contribution in [1.82, 2.24) is 0 Å². The van der Waals surface area contributed by atoms with E-state index < -0.39 is 5.97 Å². The molecule has 0 aromatic heterocycles. The predicted octanol–water partition coefficient (Wildman–Crippen LogP) is 2.22. The van der Waals surface area contributed by atoms with Gasteiger partial charge in [0.1, 0.15) is 0 Å². The van der Waals surface area contributed by atoms with Crippen molar-refractivity contribution >= 4 is 11.8 Å². The van der Waals surface area contributed by atoms with E-state index in [1.807, 2.05) is 0 Å². The second-order valence-corrected chi connectivity index (χ2v) is 3.37. The first kappa shape index (κ1) is 10.4. The molecule has 0 unspecified atom stereocenters. The molecular formula is C11H12O3. The van der Waals surface area contributed by atoms with Gasteiger partial charge in [-0.2, -0.15) is 0 Å². The van der Waals surface area contributed by atoms with E-state index in [-0.39, 0.29) is 22.8 Å². The minimum Gasteiger partial charge on any atom is -0.478 e. The molecule has 1 aromatic carbocycles. The van der Waals surface area contributed by atoms with E-state index in [4.69, 9.17) is 5.11 Å². The van der Waals surface area contributed by atoms with Crippen LogP contribution in [0.4, 0.5) is 0 Å². The maximum absolute atomic E-state index is 11.6. The van der Waals surface area contributed by atoms with Crippen LogP contribution in [0.3, 0.4) is 0 Å². The molecule has 1 rings (SSSR count). The van der Waals surface area contributed by atoms with Crippen LogP contribution < -0.4 is 0 Å². The highest BCUT2D eigenvalue weighted by Gasteiger charge is 2.17. The Hall–Kier alpha value is -1.64. The largest absolute Gasteiger partial charge is 0.478 e. The number of carbonyl (C=O) groups excluding carboxylic acids is 1. The van der Waals surface area contributed by atoms with E-state index in [0.29, 0.717) is 0 Å². The fourth-order valence-electron chi connectivity index (χ4n) is 1.20. The third kappa shape index (κ3) is 1.99. The molecule has 0 aliphatic heterocycles. The number of hydrogen-bond acceptors (Lipinski definition) is 2. The lowest BCUT2D eigenvalue weighted by molar-refractivity contribution is 0.0691. The average molecular weight is 192 g/mol. The molecule has 14 heavy (non-hydrogen) atoms. The SMILES string of the molecule is CC(C)C(=O)c1ccccc1C(=O)O. The van der Waals surface area contributed by atoms with Gasteiger partial charge in [-0.05, 0) is 6.07 Å². The second-order valence-electron chi connectivity index (χ2n) is 3.37. The Morgan fingerprint density at radius 2 is 1.64 bits per heavy atom. The van der Waals surface area contributed by atoms with Crippen LogP contribution in [-0.2, 0) is 0 Å². The first-order valence-electron chi connectivity index (χ1n) is 4.40. The van der Waals surface area contributed by atoms with Crippen LogP contribution in [0.2, 0.25) is 0 Å². The minimum atomic E-state index is -1.06. The van der Waals surface area contributed by atoms with Gasteiger partial charge in [-0.3, -0.25) is 4.79 Å². The van der Waals surface area contributed by atoms with Crippen molar-refractivity contribution in [3.8, 4) is 0 Å². The van der Waals surface area contributed by atoms with Crippen LogP contribution in [0.1, 0.15) is 34.6 Å². The Kier molecular flexibility index (Phi) is 3.02. The number of Topliss-reactive ketones (excluding diaryl/α,β-unsaturated/α-hetero) is 1. The number of aromatic carboxylic acids is 1. The van der Waals surface area contributed by atoms with Crippen LogP contribution in [0.15, 0.2) is 24.3 Å². The number of carboxylic acid groups (broad SMARTS) is 1. The number of benzene rings is 1. The molecule has 0 saturated carbocycles. The van der Waals surface area contributed by atoms with Crippen molar-refractivity contribution in [3.63, 3.8) is 0 Å². The summed E-state index contributed by atoms with van der Waals surface area (Å²) in [6.07, 6.45) is 0. The third-order valence-corrected chi connectivity index (χ3v) is 1.95. The summed E-state index contributed by atoms with van der Waals surface area (Å²) in [6.45, 7) is 3.50. The van der Waals surface area contributed by atoms with Gasteiger partial charge in [-0.15, -0.1) is 0 Å². The van der Waals surface area contributed by atoms with Gasteiger partial charge in [-0.25, -0.2) is 4.79 Å². The molecule has 0 heterocycles. The fourth-order valence-corrected chi connectivity index (χ4v) is 1.20. The van der Waals surface area contributed by atoms with Crippen molar-refractivity contribution in [2.24, 2.45) is 5.92 Å². The highest BCUT2D eigenvalue weighted by molar-refractivity contribution is 6.06. The Labute approximate surface area is 82.4 Å². The van der Waals surface area contributed by atoms with E-state index in [1.54, 1.807) is 32.0 Å². The predicted molar refractivity (Wildman–Crippen MR) is 52.6 cm³/mol. The summed E-state index contributed by atoms with van der Waals surface area (Å²) < 4.78 is 0. The van der Waals surface area contributed by atoms with Crippen molar-refractivity contribution in [2.45, 2.75) is 13.8 Å². The van der Waals surface area contributed by atoms with E-state index in [1.165, 1.54) is 6.07 Å². The van der Waals surface area contributed by atoms with E-state index in [2.05, 4.69) is 0 Å². The summed E-state index contributed by atoms with van der Waals surface area (Å²) in [5, 5.41) is 8.84. The normalized spacial score (nSPS) is 10.2. The summed E-state index contributed by atoms with van der Waals surface area (Å²) in [6, 6.07) is 6.27. The van der Waals surface area contributed by atoms with Crippen molar-refractivity contribution in [2.75, 3.05) is 0 Å². The molecule has 74 valence electrons. The van der Waals surface area contributed by atoms with Gasteiger partial charge in [-0.1, -0.05) is 32.0 Å². The van der Waals surface area contributed by atoms with Crippen LogP contribution in [0.5, 0.6) is 0 Å². The first-order valence-corrected chi connectivity index (χ1v) is 4.40. The zero-order chi connectivity index (χ0) is 10.7. The molecular weight excluding hydrogens is 180 g/mol. The van der Waals surface area contributed by atoms with Gasteiger partial charge in [0, 0.05) is 11.5 Å². The summed E-state index contributed by atoms with van der Waals surface area (Å²) in [7, 11) is 0. The standard InChI is InChI=1S/C11H12O3/c1-7(2)10(12)8-5-3-4-6-9(8)11(13)14/h3-7H,1-2H3,(H,13,14). The molecule has 1 aromatic rings. The Morgan fingerprint density at radius 1 is 1.14 bits per heavy atom. The number of hydrogen-bond donors (Lipinski definition) is 1. The molecule has 0 spiro atoms. The molecule has 0 amide bonds. The Bertz CT molecular complexity index is 367. The third-order valence-electron chi connectivity index (χ3n) is 1.95. The molecule has 0 aliphatic rings. The Morgan fingerprint density at radius 3 is 2.07 bits per heavy atom. The lowest BCUT2D eigenvalue weighted by atomic mass is 9.96. The van der Waals surface area contributed by atoms with Crippen molar-refractivity contribution < 1.29 is 14.7 Å². The molecule has 0 radical (unpaired) electrons. The van der Waals surface area contributed by atoms with Crippen LogP contribution in [0.25, 0.3) is 0 Å². The van der Waals surface area contributed by atoms with Crippen LogP contribution in [-0.4, -0.2) is 16.9 Å². The first-order chi connectivity index (χ1) is 6.54. The van der Waals surface area contributed by atoms with Crippen LogP contribution in [0, 0.1) is 5.92 Å². The zero-order valence-electron chi connectivity index (χ0n) is 8.15. The molecule has 0 fully saturated rings. The van der Waals surface area contributed by atoms with Gasteiger partial charge in [0.2, 0.25) is 0 Å². The zero-order valence-corrected chi connectivity index (χ0v) is 8.15. The molecule has 3 heteroatoms. The van der Waals surface area contributed by atoms with Gasteiger partial charge in [0.25, 0.3) is 0 Å². The van der Waals surface area contributed by atoms with Gasteiger partial charge in [0.05, 0.1) is 5.56 Å². The van der Waals surface area contributed by atoms with Gasteiger partial charge in [0.15, 0.2) is 5.78 Å². The molecule has 3 nitrogen and oxygen atoms in total. The monoisotopic (exact) mass is 192 g/mol. The smallest absolute Gasteiger partial charge is 0.336 e. The number of ketones is 1. The van der Waals surface area contributed by atoms with Crippen molar-refractivity contribution in [3.05, 3.63) is 35.4 Å². The maximum atomic E-state index is 11.6. The lowest BCUT2D eigenvalue weighted by Gasteiger charge is -2.06. The van der Waals surface area contributed by atoms with E-state index in [0.717, 1.165) is 0 Å². The highest BCUT2D eigenvalue weighted by Crippen LogP contribution is 2.13. The molecule has 1 N–H and O–H groups in total. The topological polar surface area (TPSA) is 54.4 Å². The highest BCUT2D eigenvalue weighted by atomic mass is 16.4. The Balaban J connectivity index is 3.20. The lowest BCUT2D eigenvalue weighted by Crippen LogP contribution is -2.13. The fraction of sp³-hybridized carbons (Fsp3) is 0.273. The maximum Gasteiger partial charge on any atom is 0.336 e. The molecule has 0 bridgehead atoms. The summed E-state index contributed by atoms with van der Waals surface area (Å²) in [5.74, 6) is -1.38. The van der Waals surface area contributed by atoms with Gasteiger partial charge < -0.3 is 5.11 Å². The van der Waals surface area contributed by atoms with Crippen LogP contribution >= 0.6 is 0 Å². The van der Waals surface area contributed by atoms with Gasteiger partial charge >= 0.3 is 5.97 Å². The molecule has 0 saturated heterocycles. The minimum absolute atomic E-state index is 0.0752. The summed E-state index contributed by atoms with van der Waals surface area (Å²) in [4.78, 5) is 22.4. The van der Waals surface area contributed by atoms with E-state index >= 15 is 0 Å². The quantitative estimate of drug-likeness (QED) is 0.747. The second kappa shape index (κ2) is 4.05. The summed E-state index contributed by atoms with van der Waals surface area (Å²) in [5.41, 5.74) is 0.362. The number of carboxylic acids is 1. The van der Waals surface area contributed by atoms with E-state index in [9.17, 15) is 9.59 Å². The number of rotatable bonds is 3. The van der Waals surface area contributed by atoms with Crippen molar-refractivity contribution in [1.29, 1.82) is 0 Å².